The largest absolute Gasteiger partial charge is 0.489 e. The van der Waals surface area contributed by atoms with Crippen LogP contribution >= 0.6 is 15.9 Å². The van der Waals surface area contributed by atoms with Crippen molar-refractivity contribution in [3.8, 4) is 0 Å². The second-order valence-electron chi connectivity index (χ2n) is 9.06. The van der Waals surface area contributed by atoms with Crippen molar-refractivity contribution in [3.63, 3.8) is 0 Å². The lowest BCUT2D eigenvalue weighted by Gasteiger charge is -2.30. The van der Waals surface area contributed by atoms with Crippen LogP contribution in [-0.2, 0) is 36.8 Å². The van der Waals surface area contributed by atoms with Crippen LogP contribution in [0.2, 0.25) is 6.04 Å². The van der Waals surface area contributed by atoms with E-state index in [1.54, 1.807) is 20.8 Å². The summed E-state index contributed by atoms with van der Waals surface area (Å²) in [5.41, 5.74) is -0.859. The van der Waals surface area contributed by atoms with Crippen LogP contribution in [0.3, 0.4) is 0 Å². The van der Waals surface area contributed by atoms with Crippen molar-refractivity contribution < 1.29 is 36.8 Å². The van der Waals surface area contributed by atoms with Crippen molar-refractivity contribution in [1.29, 1.82) is 0 Å². The molecule has 0 aliphatic rings. The van der Waals surface area contributed by atoms with E-state index in [1.165, 1.54) is 0 Å². The first-order valence-corrected chi connectivity index (χ1v) is 16.0. The zero-order chi connectivity index (χ0) is 26.1. The molecule has 202 valence electrons. The standard InChI is InChI=1S/C23H47BrO8Si2/c1-7-10-11-12-15-28-21(26)23(6,24)19-22(4,5)20(25)29-17-16-27-14-13-18-34(32-33,30-8-2)31-9-3/h7-19H2,1-6,33H3. The van der Waals surface area contributed by atoms with Crippen LogP contribution in [0.15, 0.2) is 0 Å². The van der Waals surface area contributed by atoms with Crippen LogP contribution in [-0.4, -0.2) is 75.2 Å². The highest BCUT2D eigenvalue weighted by atomic mass is 79.9. The van der Waals surface area contributed by atoms with Gasteiger partial charge >= 0.3 is 20.7 Å². The number of rotatable bonds is 21. The molecule has 0 radical (unpaired) electrons. The van der Waals surface area contributed by atoms with Gasteiger partial charge in [0.1, 0.15) is 21.4 Å². The number of carbonyl (C=O) groups is 2. The lowest BCUT2D eigenvalue weighted by molar-refractivity contribution is -0.157. The van der Waals surface area contributed by atoms with E-state index < -0.39 is 18.5 Å². The molecule has 0 bridgehead atoms. The first-order valence-electron chi connectivity index (χ1n) is 12.4. The molecule has 1 unspecified atom stereocenters. The maximum Gasteiger partial charge on any atom is 0.489 e. The predicted molar refractivity (Wildman–Crippen MR) is 142 cm³/mol. The third kappa shape index (κ3) is 13.7. The molecule has 0 amide bonds. The second-order valence-corrected chi connectivity index (χ2v) is 14.9. The fraction of sp³-hybridized carbons (Fsp3) is 0.913. The van der Waals surface area contributed by atoms with Crippen molar-refractivity contribution in [2.45, 2.75) is 90.4 Å². The maximum atomic E-state index is 12.6. The van der Waals surface area contributed by atoms with E-state index in [2.05, 4.69) is 22.9 Å². The van der Waals surface area contributed by atoms with E-state index in [9.17, 15) is 9.59 Å². The Hall–Kier alpha value is -0.306. The van der Waals surface area contributed by atoms with Crippen molar-refractivity contribution >= 4 is 47.2 Å². The minimum absolute atomic E-state index is 0.153. The third-order valence-corrected chi connectivity index (χ3v) is 10.8. The van der Waals surface area contributed by atoms with Crippen LogP contribution in [0.1, 0.15) is 80.1 Å². The van der Waals surface area contributed by atoms with Gasteiger partial charge in [0.25, 0.3) is 0 Å². The van der Waals surface area contributed by atoms with Crippen LogP contribution in [0, 0.1) is 5.41 Å². The molecule has 0 aromatic carbocycles. The molecule has 1 atom stereocenters. The number of halogens is 1. The van der Waals surface area contributed by atoms with E-state index in [0.717, 1.165) is 32.1 Å². The summed E-state index contributed by atoms with van der Waals surface area (Å²) in [6.45, 7) is 13.7. The summed E-state index contributed by atoms with van der Waals surface area (Å²) in [6.07, 6.45) is 5.15. The first-order chi connectivity index (χ1) is 16.0. The van der Waals surface area contributed by atoms with Gasteiger partial charge in [-0.15, -0.1) is 0 Å². The molecular weight excluding hydrogens is 540 g/mol. The van der Waals surface area contributed by atoms with Crippen molar-refractivity contribution in [3.05, 3.63) is 0 Å². The minimum Gasteiger partial charge on any atom is -0.465 e. The molecule has 0 aliphatic heterocycles. The molecular formula is C23H47BrO8Si2. The highest BCUT2D eigenvalue weighted by molar-refractivity contribution is 9.10. The molecule has 0 spiro atoms. The Labute approximate surface area is 219 Å². The van der Waals surface area contributed by atoms with Gasteiger partial charge in [-0.25, -0.2) is 0 Å². The molecule has 0 N–H and O–H groups in total. The Kier molecular flexibility index (Phi) is 17.9. The minimum atomic E-state index is -2.57. The van der Waals surface area contributed by atoms with Gasteiger partial charge in [0.05, 0.1) is 18.6 Å². The molecule has 0 saturated heterocycles. The number of ether oxygens (including phenoxy) is 3. The molecule has 34 heavy (non-hydrogen) atoms. The van der Waals surface area contributed by atoms with Gasteiger partial charge in [-0.05, 0) is 53.9 Å². The van der Waals surface area contributed by atoms with Gasteiger partial charge < -0.3 is 27.2 Å². The first kappa shape index (κ1) is 33.7. The predicted octanol–water partition coefficient (Wildman–Crippen LogP) is 3.94. The Morgan fingerprint density at radius 2 is 1.44 bits per heavy atom. The molecule has 0 aromatic rings. The number of hydrogen-bond donors (Lipinski definition) is 0. The number of hydrogen-bond acceptors (Lipinski definition) is 8. The number of unbranched alkanes of at least 4 members (excludes halogenated alkanes) is 3. The molecule has 0 aliphatic carbocycles. The van der Waals surface area contributed by atoms with Gasteiger partial charge in [0, 0.05) is 25.9 Å². The van der Waals surface area contributed by atoms with Crippen molar-refractivity contribution in [2.24, 2.45) is 5.41 Å². The molecule has 0 aromatic heterocycles. The van der Waals surface area contributed by atoms with Gasteiger partial charge in [-0.1, -0.05) is 42.1 Å². The van der Waals surface area contributed by atoms with Gasteiger partial charge in [-0.2, -0.15) is 0 Å². The number of carbonyl (C=O) groups excluding carboxylic acids is 2. The number of esters is 2. The van der Waals surface area contributed by atoms with Crippen LogP contribution < -0.4 is 0 Å². The topological polar surface area (TPSA) is 89.5 Å². The van der Waals surface area contributed by atoms with Gasteiger partial charge in [0.2, 0.25) is 0 Å². The monoisotopic (exact) mass is 586 g/mol. The fourth-order valence-corrected chi connectivity index (χ4v) is 7.95. The zero-order valence-electron chi connectivity index (χ0n) is 22.3. The van der Waals surface area contributed by atoms with Crippen molar-refractivity contribution in [2.75, 3.05) is 39.6 Å². The summed E-state index contributed by atoms with van der Waals surface area (Å²) in [6, 6.07) is 0.698. The lowest BCUT2D eigenvalue weighted by atomic mass is 9.83. The molecule has 11 heteroatoms. The van der Waals surface area contributed by atoms with E-state index in [-0.39, 0.29) is 25.0 Å². The van der Waals surface area contributed by atoms with E-state index >= 15 is 0 Å². The highest BCUT2D eigenvalue weighted by Gasteiger charge is 2.42. The Morgan fingerprint density at radius 3 is 2.00 bits per heavy atom. The second kappa shape index (κ2) is 18.0. The summed E-state index contributed by atoms with van der Waals surface area (Å²) < 4.78 is 32.7. The van der Waals surface area contributed by atoms with E-state index in [0.29, 0.717) is 49.6 Å². The number of alkyl halides is 1. The van der Waals surface area contributed by atoms with Gasteiger partial charge in [0.15, 0.2) is 0 Å². The van der Waals surface area contributed by atoms with Crippen LogP contribution in [0.25, 0.3) is 0 Å². The third-order valence-electron chi connectivity index (χ3n) is 5.26. The maximum absolute atomic E-state index is 12.6. The Balaban J connectivity index is 4.31. The van der Waals surface area contributed by atoms with E-state index in [4.69, 9.17) is 27.2 Å². The Morgan fingerprint density at radius 1 is 0.824 bits per heavy atom. The molecule has 0 rings (SSSR count). The average molecular weight is 588 g/mol. The summed E-state index contributed by atoms with van der Waals surface area (Å²) in [5.74, 6) is -0.730. The zero-order valence-corrected chi connectivity index (χ0v) is 26.9. The fourth-order valence-electron chi connectivity index (χ4n) is 3.55. The summed E-state index contributed by atoms with van der Waals surface area (Å²) in [5, 5.41) is 0. The lowest BCUT2D eigenvalue weighted by Crippen LogP contribution is -2.45. The van der Waals surface area contributed by atoms with Crippen molar-refractivity contribution in [1.82, 2.24) is 0 Å². The smallest absolute Gasteiger partial charge is 0.465 e. The van der Waals surface area contributed by atoms with Crippen LogP contribution in [0.4, 0.5) is 0 Å². The molecule has 0 fully saturated rings. The van der Waals surface area contributed by atoms with Crippen LogP contribution in [0.5, 0.6) is 0 Å². The summed E-state index contributed by atoms with van der Waals surface area (Å²) >= 11 is 3.46. The molecule has 0 heterocycles. The molecule has 0 saturated carbocycles. The summed E-state index contributed by atoms with van der Waals surface area (Å²) in [7, 11) is -2.01. The van der Waals surface area contributed by atoms with Gasteiger partial charge in [-0.3, -0.25) is 9.59 Å². The normalized spacial score (nSPS) is 14.1. The SMILES string of the molecule is CCCCCCOC(=O)C(C)(Br)CC(C)(C)C(=O)OCCOCCC[Si](O[SiH3])(OCC)OCC. The molecule has 8 nitrogen and oxygen atoms in total. The Bertz CT molecular complexity index is 569. The highest BCUT2D eigenvalue weighted by Crippen LogP contribution is 2.36. The summed E-state index contributed by atoms with van der Waals surface area (Å²) in [4.78, 5) is 25.1. The van der Waals surface area contributed by atoms with E-state index in [1.807, 2.05) is 13.8 Å². The average Bonchev–Trinajstić information content (AvgIpc) is 2.77. The quantitative estimate of drug-likeness (QED) is 0.0864.